The van der Waals surface area contributed by atoms with Crippen molar-refractivity contribution in [2.24, 2.45) is 0 Å². The van der Waals surface area contributed by atoms with Crippen molar-refractivity contribution >= 4 is 0 Å². The summed E-state index contributed by atoms with van der Waals surface area (Å²) in [6, 6.07) is 0. The highest BCUT2D eigenvalue weighted by Gasteiger charge is 2.36. The van der Waals surface area contributed by atoms with Crippen LogP contribution in [0.2, 0.25) is 0 Å². The molecule has 1 aliphatic heterocycles. The third-order valence-electron chi connectivity index (χ3n) is 2.01. The number of hydrogen-bond acceptors (Lipinski definition) is 5. The lowest BCUT2D eigenvalue weighted by atomic mass is 10.0. The molecule has 0 aromatic carbocycles. The highest BCUT2D eigenvalue weighted by atomic mass is 16.6. The Morgan fingerprint density at radius 3 is 2.67 bits per heavy atom. The Labute approximate surface area is 70.5 Å². The summed E-state index contributed by atoms with van der Waals surface area (Å²) in [5.74, 6) is 0. The van der Waals surface area contributed by atoms with Gasteiger partial charge in [0.25, 0.3) is 0 Å². The van der Waals surface area contributed by atoms with Gasteiger partial charge in [-0.2, -0.15) is 0 Å². The second-order valence-corrected chi connectivity index (χ2v) is 2.83. The van der Waals surface area contributed by atoms with Gasteiger partial charge in [-0.3, -0.25) is 0 Å². The van der Waals surface area contributed by atoms with Crippen molar-refractivity contribution < 1.29 is 24.8 Å². The smallest absolute Gasteiger partial charge is 0.183 e. The Balaban J connectivity index is 2.52. The number of aliphatic hydroxyl groups excluding tert-OH is 3. The quantitative estimate of drug-likeness (QED) is 0.477. The molecule has 1 rings (SSSR count). The maximum atomic E-state index is 9.27. The minimum Gasteiger partial charge on any atom is -0.394 e. The van der Waals surface area contributed by atoms with Crippen LogP contribution in [0.5, 0.6) is 0 Å². The molecule has 0 aromatic rings. The zero-order valence-electron chi connectivity index (χ0n) is 6.88. The number of ether oxygens (including phenoxy) is 2. The molecular formula is C7H14O5. The van der Waals surface area contributed by atoms with E-state index in [0.29, 0.717) is 6.42 Å². The van der Waals surface area contributed by atoms with E-state index in [1.807, 2.05) is 0 Å². The maximum Gasteiger partial charge on any atom is 0.183 e. The lowest BCUT2D eigenvalue weighted by Crippen LogP contribution is -2.49. The zero-order chi connectivity index (χ0) is 9.14. The highest BCUT2D eigenvalue weighted by molar-refractivity contribution is 4.80. The molecule has 1 heterocycles. The van der Waals surface area contributed by atoms with Crippen molar-refractivity contribution in [3.8, 4) is 0 Å². The van der Waals surface area contributed by atoms with E-state index in [2.05, 4.69) is 0 Å². The second-order valence-electron chi connectivity index (χ2n) is 2.83. The van der Waals surface area contributed by atoms with E-state index in [9.17, 15) is 5.11 Å². The van der Waals surface area contributed by atoms with Crippen LogP contribution in [0.25, 0.3) is 0 Å². The second kappa shape index (κ2) is 4.15. The summed E-state index contributed by atoms with van der Waals surface area (Å²) in [6.45, 7) is -0.177. The summed E-state index contributed by atoms with van der Waals surface area (Å²) in [4.78, 5) is 0. The maximum absolute atomic E-state index is 9.27. The molecule has 2 unspecified atom stereocenters. The molecule has 0 spiro atoms. The molecular weight excluding hydrogens is 164 g/mol. The third kappa shape index (κ3) is 1.94. The van der Waals surface area contributed by atoms with Crippen molar-refractivity contribution in [1.29, 1.82) is 0 Å². The lowest BCUT2D eigenvalue weighted by molar-refractivity contribution is -0.256. The van der Waals surface area contributed by atoms with Crippen molar-refractivity contribution in [2.45, 2.75) is 31.0 Å². The third-order valence-corrected chi connectivity index (χ3v) is 2.01. The molecule has 12 heavy (non-hydrogen) atoms. The van der Waals surface area contributed by atoms with E-state index in [-0.39, 0.29) is 6.61 Å². The van der Waals surface area contributed by atoms with Gasteiger partial charge in [-0.15, -0.1) is 0 Å². The Morgan fingerprint density at radius 2 is 2.17 bits per heavy atom. The van der Waals surface area contributed by atoms with Gasteiger partial charge in [0.15, 0.2) is 6.29 Å². The summed E-state index contributed by atoms with van der Waals surface area (Å²) in [7, 11) is 1.44. The first-order chi connectivity index (χ1) is 5.69. The van der Waals surface area contributed by atoms with Gasteiger partial charge in [0.2, 0.25) is 0 Å². The van der Waals surface area contributed by atoms with E-state index >= 15 is 0 Å². The Bertz CT molecular complexity index is 140. The summed E-state index contributed by atoms with van der Waals surface area (Å²) in [6.07, 6.45) is -2.82. The Kier molecular flexibility index (Phi) is 3.42. The lowest BCUT2D eigenvalue weighted by Gasteiger charge is -2.35. The predicted molar refractivity (Wildman–Crippen MR) is 39.4 cm³/mol. The van der Waals surface area contributed by atoms with Crippen LogP contribution >= 0.6 is 0 Å². The normalized spacial score (nSPS) is 43.0. The van der Waals surface area contributed by atoms with Gasteiger partial charge >= 0.3 is 0 Å². The molecule has 1 aliphatic rings. The summed E-state index contributed by atoms with van der Waals surface area (Å²) in [5.41, 5.74) is 0. The first-order valence-corrected chi connectivity index (χ1v) is 3.84. The van der Waals surface area contributed by atoms with Crippen LogP contribution in [0, 0.1) is 0 Å². The first kappa shape index (κ1) is 9.88. The average molecular weight is 178 g/mol. The molecule has 0 saturated carbocycles. The largest absolute Gasteiger partial charge is 0.394 e. The Morgan fingerprint density at radius 1 is 1.50 bits per heavy atom. The van der Waals surface area contributed by atoms with Crippen LogP contribution in [0.15, 0.2) is 0 Å². The fraction of sp³-hybridized carbons (Fsp3) is 1.00. The number of hydrogen-bond donors (Lipinski definition) is 3. The van der Waals surface area contributed by atoms with Gasteiger partial charge in [-0.05, 0) is 0 Å². The van der Waals surface area contributed by atoms with Gasteiger partial charge in [0, 0.05) is 13.5 Å². The molecule has 4 atom stereocenters. The standard InChI is InChI=1S/C7H14O5/c1-11-5-2-4(3-8)12-7(10)6(5)9/h4-10H,2-3H2,1H3/t4?,5-,6+,7?/m1/s1. The van der Waals surface area contributed by atoms with Crippen molar-refractivity contribution in [3.63, 3.8) is 0 Å². The van der Waals surface area contributed by atoms with Crippen LogP contribution in [-0.4, -0.2) is 53.6 Å². The van der Waals surface area contributed by atoms with Gasteiger partial charge in [0.1, 0.15) is 6.10 Å². The molecule has 0 radical (unpaired) electrons. The van der Waals surface area contributed by atoms with Crippen LogP contribution in [0.4, 0.5) is 0 Å². The van der Waals surface area contributed by atoms with Crippen LogP contribution < -0.4 is 0 Å². The minimum atomic E-state index is -1.26. The molecule has 1 fully saturated rings. The van der Waals surface area contributed by atoms with Crippen molar-refractivity contribution in [2.75, 3.05) is 13.7 Å². The van der Waals surface area contributed by atoms with Crippen molar-refractivity contribution in [1.82, 2.24) is 0 Å². The zero-order valence-corrected chi connectivity index (χ0v) is 6.88. The Hall–Kier alpha value is -0.200. The summed E-state index contributed by atoms with van der Waals surface area (Å²) >= 11 is 0. The summed E-state index contributed by atoms with van der Waals surface area (Å²) < 4.78 is 9.76. The van der Waals surface area contributed by atoms with Crippen LogP contribution in [0.3, 0.4) is 0 Å². The average Bonchev–Trinajstić information content (AvgIpc) is 2.09. The molecule has 0 aromatic heterocycles. The summed E-state index contributed by atoms with van der Waals surface area (Å²) in [5, 5.41) is 27.1. The van der Waals surface area contributed by atoms with Crippen molar-refractivity contribution in [3.05, 3.63) is 0 Å². The first-order valence-electron chi connectivity index (χ1n) is 3.84. The minimum absolute atomic E-state index is 0.177. The fourth-order valence-corrected chi connectivity index (χ4v) is 1.27. The molecule has 5 heteroatoms. The number of aliphatic hydroxyl groups is 3. The molecule has 3 N–H and O–H groups in total. The van der Waals surface area contributed by atoms with Gasteiger partial charge in [-0.1, -0.05) is 0 Å². The van der Waals surface area contributed by atoms with E-state index in [4.69, 9.17) is 19.7 Å². The van der Waals surface area contributed by atoms with Gasteiger partial charge in [0.05, 0.1) is 18.8 Å². The van der Waals surface area contributed by atoms with E-state index < -0.39 is 24.6 Å². The molecule has 0 aliphatic carbocycles. The molecule has 5 nitrogen and oxygen atoms in total. The number of methoxy groups -OCH3 is 1. The number of rotatable bonds is 2. The van der Waals surface area contributed by atoms with Crippen LogP contribution in [0.1, 0.15) is 6.42 Å². The van der Waals surface area contributed by atoms with E-state index in [1.165, 1.54) is 7.11 Å². The van der Waals surface area contributed by atoms with E-state index in [1.54, 1.807) is 0 Å². The molecule has 72 valence electrons. The molecule has 0 amide bonds. The molecule has 1 saturated heterocycles. The van der Waals surface area contributed by atoms with Gasteiger partial charge in [-0.25, -0.2) is 0 Å². The predicted octanol–water partition coefficient (Wildman–Crippen LogP) is -1.54. The SMILES string of the molecule is CO[C@@H]1CC(CO)OC(O)[C@H]1O. The molecule has 0 bridgehead atoms. The van der Waals surface area contributed by atoms with Gasteiger partial charge < -0.3 is 24.8 Å². The topological polar surface area (TPSA) is 79.2 Å². The monoisotopic (exact) mass is 178 g/mol. The highest BCUT2D eigenvalue weighted by Crippen LogP contribution is 2.20. The van der Waals surface area contributed by atoms with Crippen LogP contribution in [-0.2, 0) is 9.47 Å². The van der Waals surface area contributed by atoms with E-state index in [0.717, 1.165) is 0 Å². The fourth-order valence-electron chi connectivity index (χ4n) is 1.27.